The molecule has 5 nitrogen and oxygen atoms in total. The molecule has 5 heteroatoms. The van der Waals surface area contributed by atoms with Crippen molar-refractivity contribution in [2.24, 2.45) is 5.73 Å². The molecule has 1 aliphatic carbocycles. The Morgan fingerprint density at radius 2 is 2.00 bits per heavy atom. The molecular weight excluding hydrogens is 280 g/mol. The van der Waals surface area contributed by atoms with Crippen LogP contribution in [0.2, 0.25) is 0 Å². The second-order valence-electron chi connectivity index (χ2n) is 6.50. The second kappa shape index (κ2) is 5.99. The number of benzene rings is 1. The lowest BCUT2D eigenvalue weighted by atomic mass is 9.88. The van der Waals surface area contributed by atoms with Gasteiger partial charge >= 0.3 is 0 Å². The maximum atomic E-state index is 12.0. The van der Waals surface area contributed by atoms with Gasteiger partial charge < -0.3 is 15.6 Å². The Labute approximate surface area is 131 Å². The summed E-state index contributed by atoms with van der Waals surface area (Å²) in [4.78, 5) is 14.2. The molecule has 2 aliphatic rings. The van der Waals surface area contributed by atoms with Crippen molar-refractivity contribution in [2.75, 3.05) is 26.3 Å². The van der Waals surface area contributed by atoms with Crippen LogP contribution in [-0.4, -0.2) is 47.8 Å². The SMILES string of the molecule is NC(=O)C(O)(CN1CCOCC12CCCC2)c1ccccc1. The van der Waals surface area contributed by atoms with Crippen molar-refractivity contribution < 1.29 is 14.6 Å². The summed E-state index contributed by atoms with van der Waals surface area (Å²) >= 11 is 0. The Balaban J connectivity index is 1.88. The number of aliphatic hydroxyl groups is 1. The number of nitrogens with two attached hydrogens (primary N) is 1. The molecule has 1 aliphatic heterocycles. The smallest absolute Gasteiger partial charge is 0.255 e. The first kappa shape index (κ1) is 15.5. The fourth-order valence-electron chi connectivity index (χ4n) is 3.81. The van der Waals surface area contributed by atoms with Crippen LogP contribution in [0.5, 0.6) is 0 Å². The number of morpholine rings is 1. The number of β-amino-alcohol motifs (C(OH)–C–C–N with tert-alkyl or cyclic N) is 1. The molecule has 0 bridgehead atoms. The maximum Gasteiger partial charge on any atom is 0.255 e. The van der Waals surface area contributed by atoms with Gasteiger partial charge in [-0.3, -0.25) is 9.69 Å². The van der Waals surface area contributed by atoms with Gasteiger partial charge in [0.1, 0.15) is 0 Å². The van der Waals surface area contributed by atoms with Crippen molar-refractivity contribution >= 4 is 5.91 Å². The number of hydrogen-bond donors (Lipinski definition) is 2. The zero-order valence-corrected chi connectivity index (χ0v) is 12.8. The monoisotopic (exact) mass is 304 g/mol. The summed E-state index contributed by atoms with van der Waals surface area (Å²) in [6.45, 7) is 2.26. The molecule has 120 valence electrons. The molecule has 1 aromatic rings. The third-order valence-corrected chi connectivity index (χ3v) is 5.16. The van der Waals surface area contributed by atoms with Gasteiger partial charge in [0.15, 0.2) is 5.60 Å². The maximum absolute atomic E-state index is 12.0. The molecule has 22 heavy (non-hydrogen) atoms. The van der Waals surface area contributed by atoms with Gasteiger partial charge in [0.2, 0.25) is 0 Å². The summed E-state index contributed by atoms with van der Waals surface area (Å²) in [5.74, 6) is -0.696. The van der Waals surface area contributed by atoms with E-state index < -0.39 is 11.5 Å². The Hall–Kier alpha value is -1.43. The number of ether oxygens (including phenoxy) is 1. The summed E-state index contributed by atoms with van der Waals surface area (Å²) in [5.41, 5.74) is 4.41. The van der Waals surface area contributed by atoms with Crippen molar-refractivity contribution in [3.63, 3.8) is 0 Å². The van der Waals surface area contributed by atoms with Crippen LogP contribution in [0.1, 0.15) is 31.2 Å². The van der Waals surface area contributed by atoms with Crippen LogP contribution in [0.25, 0.3) is 0 Å². The van der Waals surface area contributed by atoms with E-state index in [1.165, 1.54) is 12.8 Å². The highest BCUT2D eigenvalue weighted by molar-refractivity contribution is 5.85. The van der Waals surface area contributed by atoms with Gasteiger partial charge in [-0.05, 0) is 18.4 Å². The molecule has 1 heterocycles. The molecular formula is C17H24N2O3. The molecule has 1 unspecified atom stereocenters. The minimum atomic E-state index is -1.66. The highest BCUT2D eigenvalue weighted by atomic mass is 16.5. The van der Waals surface area contributed by atoms with E-state index in [1.807, 2.05) is 18.2 Å². The summed E-state index contributed by atoms with van der Waals surface area (Å²) in [6, 6.07) is 9.00. The van der Waals surface area contributed by atoms with Gasteiger partial charge in [0.05, 0.1) is 13.2 Å². The first-order valence-electron chi connectivity index (χ1n) is 7.97. The normalized spacial score (nSPS) is 24.2. The van der Waals surface area contributed by atoms with E-state index in [2.05, 4.69) is 4.90 Å². The molecule has 3 N–H and O–H groups in total. The molecule has 1 saturated carbocycles. The standard InChI is InChI=1S/C17H24N2O3/c18-15(20)17(21,14-6-2-1-3-7-14)12-19-10-11-22-13-16(19)8-4-5-9-16/h1-3,6-7,21H,4-5,8-13H2,(H2,18,20). The summed E-state index contributed by atoms with van der Waals surface area (Å²) < 4.78 is 5.68. The van der Waals surface area contributed by atoms with Crippen molar-refractivity contribution in [3.05, 3.63) is 35.9 Å². The van der Waals surface area contributed by atoms with Crippen molar-refractivity contribution in [1.82, 2.24) is 4.90 Å². The first-order chi connectivity index (χ1) is 10.6. The third-order valence-electron chi connectivity index (χ3n) is 5.16. The van der Waals surface area contributed by atoms with Crippen LogP contribution in [0.3, 0.4) is 0 Å². The van der Waals surface area contributed by atoms with E-state index in [4.69, 9.17) is 10.5 Å². The highest BCUT2D eigenvalue weighted by Gasteiger charge is 2.47. The fourth-order valence-corrected chi connectivity index (χ4v) is 3.81. The van der Waals surface area contributed by atoms with Crippen LogP contribution in [0.15, 0.2) is 30.3 Å². The molecule has 3 rings (SSSR count). The van der Waals surface area contributed by atoms with Crippen LogP contribution >= 0.6 is 0 Å². The number of carbonyl (C=O) groups excluding carboxylic acids is 1. The van der Waals surface area contributed by atoms with E-state index >= 15 is 0 Å². The number of rotatable bonds is 4. The number of nitrogens with zero attached hydrogens (tertiary/aromatic N) is 1. The number of primary amides is 1. The third kappa shape index (κ3) is 2.64. The topological polar surface area (TPSA) is 75.8 Å². The molecule has 0 radical (unpaired) electrons. The van der Waals surface area contributed by atoms with Gasteiger partial charge in [-0.25, -0.2) is 0 Å². The molecule has 2 fully saturated rings. The van der Waals surface area contributed by atoms with E-state index in [0.717, 1.165) is 19.4 Å². The molecule has 1 spiro atoms. The van der Waals surface area contributed by atoms with Crippen LogP contribution in [-0.2, 0) is 15.1 Å². The number of hydrogen-bond acceptors (Lipinski definition) is 4. The minimum Gasteiger partial charge on any atom is -0.378 e. The summed E-state index contributed by atoms with van der Waals surface area (Å²) in [5, 5.41) is 11.0. The van der Waals surface area contributed by atoms with Crippen LogP contribution in [0.4, 0.5) is 0 Å². The van der Waals surface area contributed by atoms with Gasteiger partial charge in [-0.15, -0.1) is 0 Å². The predicted molar refractivity (Wildman–Crippen MR) is 83.1 cm³/mol. The van der Waals surface area contributed by atoms with Gasteiger partial charge in [-0.2, -0.15) is 0 Å². The van der Waals surface area contributed by atoms with E-state index in [0.29, 0.717) is 18.8 Å². The lowest BCUT2D eigenvalue weighted by molar-refractivity contribution is -0.147. The lowest BCUT2D eigenvalue weighted by Gasteiger charge is -2.47. The first-order valence-corrected chi connectivity index (χ1v) is 7.97. The quantitative estimate of drug-likeness (QED) is 0.870. The fraction of sp³-hybridized carbons (Fsp3) is 0.588. The number of carbonyl (C=O) groups is 1. The summed E-state index contributed by atoms with van der Waals surface area (Å²) in [6.07, 6.45) is 4.44. The molecule has 1 atom stereocenters. The van der Waals surface area contributed by atoms with Crippen LogP contribution in [0, 0.1) is 0 Å². The van der Waals surface area contributed by atoms with Gasteiger partial charge in [-0.1, -0.05) is 43.2 Å². The van der Waals surface area contributed by atoms with Gasteiger partial charge in [0.25, 0.3) is 5.91 Å². The van der Waals surface area contributed by atoms with Crippen molar-refractivity contribution in [1.29, 1.82) is 0 Å². The molecule has 1 saturated heterocycles. The molecule has 1 amide bonds. The minimum absolute atomic E-state index is 0.0452. The Morgan fingerprint density at radius 1 is 1.32 bits per heavy atom. The highest BCUT2D eigenvalue weighted by Crippen LogP contribution is 2.39. The Kier molecular flexibility index (Phi) is 4.21. The zero-order chi connectivity index (χ0) is 15.6. The van der Waals surface area contributed by atoms with Crippen molar-refractivity contribution in [3.8, 4) is 0 Å². The second-order valence-corrected chi connectivity index (χ2v) is 6.50. The average molecular weight is 304 g/mol. The zero-order valence-electron chi connectivity index (χ0n) is 12.8. The molecule has 1 aromatic carbocycles. The van der Waals surface area contributed by atoms with Crippen molar-refractivity contribution in [2.45, 2.75) is 36.8 Å². The number of amides is 1. The lowest BCUT2D eigenvalue weighted by Crippen LogP contribution is -2.61. The van der Waals surface area contributed by atoms with E-state index in [-0.39, 0.29) is 12.1 Å². The predicted octanol–water partition coefficient (Wildman–Crippen LogP) is 1.00. The van der Waals surface area contributed by atoms with E-state index in [1.54, 1.807) is 12.1 Å². The van der Waals surface area contributed by atoms with E-state index in [9.17, 15) is 9.90 Å². The Morgan fingerprint density at radius 3 is 2.64 bits per heavy atom. The largest absolute Gasteiger partial charge is 0.378 e. The van der Waals surface area contributed by atoms with Crippen LogP contribution < -0.4 is 5.73 Å². The Bertz CT molecular complexity index is 528. The summed E-state index contributed by atoms with van der Waals surface area (Å²) in [7, 11) is 0. The molecule has 0 aromatic heterocycles. The average Bonchev–Trinajstić information content (AvgIpc) is 2.99. The van der Waals surface area contributed by atoms with Gasteiger partial charge in [0, 0.05) is 18.6 Å².